The van der Waals surface area contributed by atoms with Gasteiger partial charge in [0.25, 0.3) is 0 Å². The normalized spacial score (nSPS) is 24.0. The number of piperidine rings is 2. The fraction of sp³-hybridized carbons (Fsp3) is 0.636. The molecule has 0 aromatic heterocycles. The number of nitrogens with one attached hydrogen (secondary N) is 1. The van der Waals surface area contributed by atoms with Crippen LogP contribution in [0.5, 0.6) is 0 Å². The van der Waals surface area contributed by atoms with Crippen LogP contribution >= 0.6 is 0 Å². The van der Waals surface area contributed by atoms with Crippen molar-refractivity contribution in [1.29, 1.82) is 0 Å². The van der Waals surface area contributed by atoms with Gasteiger partial charge >= 0.3 is 12.0 Å². The summed E-state index contributed by atoms with van der Waals surface area (Å²) in [5.74, 6) is 1.89. The molecule has 2 aliphatic heterocycles. The lowest BCUT2D eigenvalue weighted by Gasteiger charge is -2.39. The van der Waals surface area contributed by atoms with Gasteiger partial charge in [0, 0.05) is 38.4 Å². The molecule has 1 N–H and O–H groups in total. The van der Waals surface area contributed by atoms with Crippen molar-refractivity contribution in [3.63, 3.8) is 0 Å². The maximum absolute atomic E-state index is 12.5. The zero-order valence-electron chi connectivity index (χ0n) is 17.3. The van der Waals surface area contributed by atoms with Crippen LogP contribution in [0.25, 0.3) is 0 Å². The van der Waals surface area contributed by atoms with E-state index >= 15 is 0 Å². The second-order valence-corrected chi connectivity index (χ2v) is 8.59. The van der Waals surface area contributed by atoms with Crippen LogP contribution in [0.2, 0.25) is 0 Å². The lowest BCUT2D eigenvalue weighted by Crippen LogP contribution is -2.46. The summed E-state index contributed by atoms with van der Waals surface area (Å²) in [6, 6.07) is 6.72. The van der Waals surface area contributed by atoms with Crippen molar-refractivity contribution >= 4 is 17.7 Å². The molecule has 2 aliphatic rings. The molecule has 0 unspecified atom stereocenters. The van der Waals surface area contributed by atoms with Crippen LogP contribution < -0.4 is 5.32 Å². The molecular weight excluding hydrogens is 354 g/mol. The zero-order valence-corrected chi connectivity index (χ0v) is 17.3. The van der Waals surface area contributed by atoms with Crippen molar-refractivity contribution < 1.29 is 14.3 Å². The van der Waals surface area contributed by atoms with Crippen molar-refractivity contribution in [2.45, 2.75) is 33.1 Å². The van der Waals surface area contributed by atoms with E-state index in [1.807, 2.05) is 4.90 Å². The first-order valence-electron chi connectivity index (χ1n) is 10.4. The molecule has 2 heterocycles. The summed E-state index contributed by atoms with van der Waals surface area (Å²) in [4.78, 5) is 28.5. The minimum atomic E-state index is -0.377. The van der Waals surface area contributed by atoms with Crippen LogP contribution in [-0.4, -0.2) is 61.6 Å². The summed E-state index contributed by atoms with van der Waals surface area (Å²) >= 11 is 0. The summed E-state index contributed by atoms with van der Waals surface area (Å²) in [6.07, 6.45) is 3.47. The number of hydrogen-bond donors (Lipinski definition) is 1. The van der Waals surface area contributed by atoms with Gasteiger partial charge in [-0.2, -0.15) is 0 Å². The van der Waals surface area contributed by atoms with Crippen LogP contribution in [-0.2, 0) is 4.74 Å². The van der Waals surface area contributed by atoms with Gasteiger partial charge in [0.15, 0.2) is 0 Å². The third kappa shape index (κ3) is 5.47. The summed E-state index contributed by atoms with van der Waals surface area (Å²) in [6.45, 7) is 9.91. The molecular formula is C22H33N3O3. The molecule has 154 valence electrons. The third-order valence-electron chi connectivity index (χ3n) is 5.92. The Balaban J connectivity index is 1.44. The number of anilines is 1. The predicted molar refractivity (Wildman–Crippen MR) is 110 cm³/mol. The maximum atomic E-state index is 12.5. The number of carbonyl (C=O) groups is 2. The van der Waals surface area contributed by atoms with Gasteiger partial charge in [0.1, 0.15) is 0 Å². The van der Waals surface area contributed by atoms with E-state index in [2.05, 4.69) is 24.1 Å². The molecule has 2 saturated heterocycles. The lowest BCUT2D eigenvalue weighted by molar-refractivity contribution is 0.0600. The van der Waals surface area contributed by atoms with Gasteiger partial charge in [-0.15, -0.1) is 0 Å². The highest BCUT2D eigenvalue weighted by atomic mass is 16.5. The first-order chi connectivity index (χ1) is 13.4. The average Bonchev–Trinajstić information content (AvgIpc) is 2.67. The van der Waals surface area contributed by atoms with E-state index in [1.54, 1.807) is 24.3 Å². The fourth-order valence-electron chi connectivity index (χ4n) is 4.63. The Labute approximate surface area is 168 Å². The molecule has 0 radical (unpaired) electrons. The molecule has 2 amide bonds. The highest BCUT2D eigenvalue weighted by Gasteiger charge is 2.27. The molecule has 3 rings (SSSR count). The van der Waals surface area contributed by atoms with Crippen molar-refractivity contribution in [1.82, 2.24) is 9.80 Å². The number of likely N-dealkylation sites (tertiary alicyclic amines) is 2. The Morgan fingerprint density at radius 2 is 1.68 bits per heavy atom. The maximum Gasteiger partial charge on any atom is 0.337 e. The monoisotopic (exact) mass is 387 g/mol. The van der Waals surface area contributed by atoms with Gasteiger partial charge in [-0.25, -0.2) is 9.59 Å². The number of amides is 2. The van der Waals surface area contributed by atoms with Crippen LogP contribution in [0.3, 0.4) is 0 Å². The fourth-order valence-corrected chi connectivity index (χ4v) is 4.63. The quantitative estimate of drug-likeness (QED) is 0.801. The second-order valence-electron chi connectivity index (χ2n) is 8.59. The molecule has 6 heteroatoms. The number of hydrogen-bond acceptors (Lipinski definition) is 4. The Bertz CT molecular complexity index is 658. The molecule has 6 nitrogen and oxygen atoms in total. The molecule has 1 aromatic rings. The van der Waals surface area contributed by atoms with E-state index in [1.165, 1.54) is 33.2 Å². The highest BCUT2D eigenvalue weighted by Crippen LogP contribution is 2.25. The van der Waals surface area contributed by atoms with Crippen LogP contribution in [0.1, 0.15) is 43.5 Å². The van der Waals surface area contributed by atoms with Gasteiger partial charge in [0.05, 0.1) is 12.7 Å². The number of esters is 1. The second kappa shape index (κ2) is 9.41. The van der Waals surface area contributed by atoms with Crippen molar-refractivity contribution in [2.75, 3.05) is 45.2 Å². The summed E-state index contributed by atoms with van der Waals surface area (Å²) < 4.78 is 4.69. The van der Waals surface area contributed by atoms with Gasteiger partial charge in [0.2, 0.25) is 0 Å². The number of rotatable bonds is 4. The number of carbonyl (C=O) groups excluding carboxylic acids is 2. The Kier molecular flexibility index (Phi) is 6.94. The molecule has 2 fully saturated rings. The third-order valence-corrected chi connectivity index (χ3v) is 5.92. The van der Waals surface area contributed by atoms with Crippen LogP contribution in [0.4, 0.5) is 10.5 Å². The van der Waals surface area contributed by atoms with E-state index in [-0.39, 0.29) is 12.0 Å². The van der Waals surface area contributed by atoms with E-state index in [0.29, 0.717) is 17.2 Å². The van der Waals surface area contributed by atoms with Gasteiger partial charge < -0.3 is 19.9 Å². The molecule has 1 aromatic carbocycles. The van der Waals surface area contributed by atoms with E-state index < -0.39 is 0 Å². The highest BCUT2D eigenvalue weighted by molar-refractivity contribution is 5.92. The Hall–Kier alpha value is -2.08. The van der Waals surface area contributed by atoms with E-state index in [9.17, 15) is 9.59 Å². The zero-order chi connectivity index (χ0) is 20.1. The summed E-state index contributed by atoms with van der Waals surface area (Å²) in [5.41, 5.74) is 1.17. The topological polar surface area (TPSA) is 61.9 Å². The van der Waals surface area contributed by atoms with Gasteiger partial charge in [-0.05, 0) is 61.3 Å². The molecule has 0 bridgehead atoms. The average molecular weight is 388 g/mol. The molecule has 0 aliphatic carbocycles. The molecule has 0 spiro atoms. The Morgan fingerprint density at radius 3 is 2.25 bits per heavy atom. The smallest absolute Gasteiger partial charge is 0.337 e. The van der Waals surface area contributed by atoms with Crippen molar-refractivity contribution in [3.8, 4) is 0 Å². The number of benzene rings is 1. The lowest BCUT2D eigenvalue weighted by atomic mass is 9.89. The first kappa shape index (κ1) is 20.6. The predicted octanol–water partition coefficient (Wildman–Crippen LogP) is 3.70. The van der Waals surface area contributed by atoms with E-state index in [0.717, 1.165) is 37.8 Å². The molecule has 28 heavy (non-hydrogen) atoms. The number of nitrogens with zero attached hydrogens (tertiary/aromatic N) is 2. The Morgan fingerprint density at radius 1 is 1.07 bits per heavy atom. The number of methoxy groups -OCH3 is 1. The van der Waals surface area contributed by atoms with Crippen LogP contribution in [0, 0.1) is 17.8 Å². The minimum absolute atomic E-state index is 0.0653. The molecule has 0 saturated carbocycles. The SMILES string of the molecule is COC(=O)c1ccc(NC(=O)N2CCC(CN3C[C@H](C)C[C@H](C)C3)CC2)cc1. The summed E-state index contributed by atoms with van der Waals surface area (Å²) in [5, 5.41) is 2.93. The van der Waals surface area contributed by atoms with Crippen LogP contribution in [0.15, 0.2) is 24.3 Å². The minimum Gasteiger partial charge on any atom is -0.465 e. The van der Waals surface area contributed by atoms with Gasteiger partial charge in [-0.3, -0.25) is 0 Å². The number of urea groups is 1. The summed E-state index contributed by atoms with van der Waals surface area (Å²) in [7, 11) is 1.36. The largest absolute Gasteiger partial charge is 0.465 e. The first-order valence-corrected chi connectivity index (χ1v) is 10.4. The standard InChI is InChI=1S/C22H33N3O3/c1-16-12-17(2)14-24(13-16)15-18-8-10-25(11-9-18)22(27)23-20-6-4-19(5-7-20)21(26)28-3/h4-7,16-18H,8-15H2,1-3H3,(H,23,27)/t16-,17+. The van der Waals surface area contributed by atoms with E-state index in [4.69, 9.17) is 4.74 Å². The number of ether oxygens (including phenoxy) is 1. The van der Waals surface area contributed by atoms with Crippen molar-refractivity contribution in [2.24, 2.45) is 17.8 Å². The van der Waals surface area contributed by atoms with Gasteiger partial charge in [-0.1, -0.05) is 13.8 Å². The molecule has 2 atom stereocenters. The van der Waals surface area contributed by atoms with Crippen molar-refractivity contribution in [3.05, 3.63) is 29.8 Å².